The summed E-state index contributed by atoms with van der Waals surface area (Å²) >= 11 is 1.14. The zero-order valence-corrected chi connectivity index (χ0v) is 12.8. The summed E-state index contributed by atoms with van der Waals surface area (Å²) in [6.07, 6.45) is 0. The van der Waals surface area contributed by atoms with Gasteiger partial charge in [-0.05, 0) is 37.1 Å². The predicted molar refractivity (Wildman–Crippen MR) is 81.8 cm³/mol. The summed E-state index contributed by atoms with van der Waals surface area (Å²) in [5.74, 6) is -1.04. The summed E-state index contributed by atoms with van der Waals surface area (Å²) in [5.41, 5.74) is 2.50. The second-order valence-corrected chi connectivity index (χ2v) is 5.59. The molecule has 1 amide bonds. The number of carbonyl (C=O) groups excluding carboxylic acids is 2. The van der Waals surface area contributed by atoms with Crippen LogP contribution in [-0.2, 0) is 9.53 Å². The highest BCUT2D eigenvalue weighted by molar-refractivity contribution is 8.15. The molecule has 6 heteroatoms. The number of hydrogen-bond donors (Lipinski definition) is 1. The first kappa shape index (κ1) is 15.3. The molecule has 0 radical (unpaired) electrons. The van der Waals surface area contributed by atoms with Crippen LogP contribution in [0.2, 0.25) is 0 Å². The molecule has 0 saturated carbocycles. The molecule has 1 aromatic rings. The Kier molecular flexibility index (Phi) is 4.47. The van der Waals surface area contributed by atoms with Crippen molar-refractivity contribution >= 4 is 28.7 Å². The number of esters is 1. The van der Waals surface area contributed by atoms with Crippen molar-refractivity contribution in [2.24, 2.45) is 4.99 Å². The molecule has 0 aromatic heterocycles. The Bertz CT molecular complexity index is 676. The highest BCUT2D eigenvalue weighted by atomic mass is 32.2. The van der Waals surface area contributed by atoms with Crippen LogP contribution in [0.25, 0.3) is 0 Å². The number of hydrogen-bond acceptors (Lipinski definition) is 5. The lowest BCUT2D eigenvalue weighted by molar-refractivity contribution is -0.135. The monoisotopic (exact) mass is 305 g/mol. The highest BCUT2D eigenvalue weighted by Crippen LogP contribution is 2.27. The number of aliphatic imine (C=N–C) groups is 1. The van der Waals surface area contributed by atoms with Crippen molar-refractivity contribution in [3.8, 4) is 0 Å². The number of amides is 1. The van der Waals surface area contributed by atoms with Gasteiger partial charge in [0, 0.05) is 5.56 Å². The van der Waals surface area contributed by atoms with E-state index in [0.29, 0.717) is 5.56 Å². The van der Waals surface area contributed by atoms with Crippen molar-refractivity contribution in [3.05, 3.63) is 46.2 Å². The summed E-state index contributed by atoms with van der Waals surface area (Å²) in [7, 11) is 1.22. The lowest BCUT2D eigenvalue weighted by atomic mass is 10.1. The van der Waals surface area contributed by atoms with E-state index in [9.17, 15) is 14.7 Å². The average Bonchev–Trinajstić information content (AvgIpc) is 2.82. The number of ether oxygens (including phenoxy) is 1. The summed E-state index contributed by atoms with van der Waals surface area (Å²) in [6, 6.07) is 5.29. The van der Waals surface area contributed by atoms with Gasteiger partial charge < -0.3 is 9.84 Å². The van der Waals surface area contributed by atoms with Gasteiger partial charge in [-0.25, -0.2) is 9.79 Å². The number of methoxy groups -OCH3 is 1. The smallest absolute Gasteiger partial charge is 0.344 e. The summed E-state index contributed by atoms with van der Waals surface area (Å²) in [6.45, 7) is 3.87. The number of benzene rings is 1. The predicted octanol–water partition coefficient (Wildman–Crippen LogP) is 2.57. The molecule has 1 heterocycles. The number of aliphatic hydroxyl groups is 1. The van der Waals surface area contributed by atoms with Gasteiger partial charge in [-0.2, -0.15) is 0 Å². The topological polar surface area (TPSA) is 76.0 Å². The molecule has 0 unspecified atom stereocenters. The van der Waals surface area contributed by atoms with Crippen molar-refractivity contribution in [1.29, 1.82) is 0 Å². The minimum absolute atomic E-state index is 0.0281. The lowest BCUT2D eigenvalue weighted by Crippen LogP contribution is -2.12. The van der Waals surface area contributed by atoms with Crippen LogP contribution in [0.4, 0.5) is 0 Å². The van der Waals surface area contributed by atoms with Gasteiger partial charge in [0.05, 0.1) is 12.9 Å². The van der Waals surface area contributed by atoms with Crippen LogP contribution >= 0.6 is 11.8 Å². The normalized spacial score (nSPS) is 16.4. The third kappa shape index (κ3) is 3.16. The standard InChI is InChI=1S/C15H15NO4S/c1-8-4-5-10(6-9(8)2)13(18)16-14-12(15(19)20-3)11(17)7-21-14/h4-6,17H,7H2,1-3H3. The highest BCUT2D eigenvalue weighted by Gasteiger charge is 2.29. The maximum atomic E-state index is 12.2. The van der Waals surface area contributed by atoms with E-state index < -0.39 is 11.9 Å². The first-order valence-corrected chi connectivity index (χ1v) is 7.26. The number of carbonyl (C=O) groups is 2. The van der Waals surface area contributed by atoms with Crippen molar-refractivity contribution in [2.45, 2.75) is 13.8 Å². The molecule has 5 nitrogen and oxygen atoms in total. The Morgan fingerprint density at radius 1 is 1.29 bits per heavy atom. The number of aryl methyl sites for hydroxylation is 2. The second kappa shape index (κ2) is 6.13. The van der Waals surface area contributed by atoms with Crippen LogP contribution in [0.5, 0.6) is 0 Å². The number of thioether (sulfide) groups is 1. The summed E-state index contributed by atoms with van der Waals surface area (Å²) in [4.78, 5) is 27.7. The van der Waals surface area contributed by atoms with E-state index in [1.807, 2.05) is 19.9 Å². The first-order valence-electron chi connectivity index (χ1n) is 6.28. The fraction of sp³-hybridized carbons (Fsp3) is 0.267. The molecule has 1 aliphatic heterocycles. The fourth-order valence-electron chi connectivity index (χ4n) is 1.83. The quantitative estimate of drug-likeness (QED) is 0.850. The van der Waals surface area contributed by atoms with Crippen molar-refractivity contribution in [1.82, 2.24) is 0 Å². The van der Waals surface area contributed by atoms with E-state index in [1.54, 1.807) is 12.1 Å². The number of rotatable bonds is 2. The van der Waals surface area contributed by atoms with Crippen molar-refractivity contribution < 1.29 is 19.4 Å². The van der Waals surface area contributed by atoms with Crippen LogP contribution < -0.4 is 0 Å². The van der Waals surface area contributed by atoms with Crippen LogP contribution in [0, 0.1) is 13.8 Å². The molecule has 0 atom stereocenters. The van der Waals surface area contributed by atoms with Crippen molar-refractivity contribution in [3.63, 3.8) is 0 Å². The molecule has 110 valence electrons. The fourth-order valence-corrected chi connectivity index (χ4v) is 2.74. The maximum absolute atomic E-state index is 12.2. The van der Waals surface area contributed by atoms with E-state index in [0.717, 1.165) is 22.9 Å². The SMILES string of the molecule is COC(=O)C1=C(O)CSC1=NC(=O)c1ccc(C)c(C)c1. The van der Waals surface area contributed by atoms with E-state index in [2.05, 4.69) is 9.73 Å². The molecule has 2 rings (SSSR count). The number of nitrogens with zero attached hydrogens (tertiary/aromatic N) is 1. The maximum Gasteiger partial charge on any atom is 0.344 e. The Balaban J connectivity index is 2.32. The summed E-state index contributed by atoms with van der Waals surface area (Å²) < 4.78 is 4.59. The molecule has 1 aromatic carbocycles. The van der Waals surface area contributed by atoms with Crippen LogP contribution in [0.3, 0.4) is 0 Å². The second-order valence-electron chi connectivity index (χ2n) is 4.62. The molecule has 0 aliphatic carbocycles. The minimum atomic E-state index is -0.691. The Hall–Kier alpha value is -2.08. The average molecular weight is 305 g/mol. The molecule has 0 fully saturated rings. The van der Waals surface area contributed by atoms with Gasteiger partial charge in [-0.15, -0.1) is 0 Å². The molecule has 1 aliphatic rings. The van der Waals surface area contributed by atoms with Gasteiger partial charge in [0.2, 0.25) is 0 Å². The van der Waals surface area contributed by atoms with Gasteiger partial charge in [-0.1, -0.05) is 17.8 Å². The largest absolute Gasteiger partial charge is 0.510 e. The zero-order valence-electron chi connectivity index (χ0n) is 12.0. The Morgan fingerprint density at radius 3 is 2.62 bits per heavy atom. The summed E-state index contributed by atoms with van der Waals surface area (Å²) in [5, 5.41) is 9.89. The Morgan fingerprint density at radius 2 is 2.00 bits per heavy atom. The van der Waals surface area contributed by atoms with E-state index in [4.69, 9.17) is 0 Å². The molecular formula is C15H15NO4S. The van der Waals surface area contributed by atoms with Crippen LogP contribution in [-0.4, -0.2) is 34.9 Å². The van der Waals surface area contributed by atoms with Gasteiger partial charge in [0.1, 0.15) is 16.4 Å². The zero-order chi connectivity index (χ0) is 15.6. The van der Waals surface area contributed by atoms with E-state index in [-0.39, 0.29) is 22.1 Å². The molecule has 0 spiro atoms. The molecule has 21 heavy (non-hydrogen) atoms. The lowest BCUT2D eigenvalue weighted by Gasteiger charge is -2.04. The Labute approximate surface area is 126 Å². The molecule has 0 saturated heterocycles. The molecule has 1 N–H and O–H groups in total. The third-order valence-corrected chi connectivity index (χ3v) is 4.18. The third-order valence-electron chi connectivity index (χ3n) is 3.19. The van der Waals surface area contributed by atoms with Crippen molar-refractivity contribution in [2.75, 3.05) is 12.9 Å². The van der Waals surface area contributed by atoms with Gasteiger partial charge in [-0.3, -0.25) is 4.79 Å². The van der Waals surface area contributed by atoms with Crippen LogP contribution in [0.15, 0.2) is 34.5 Å². The van der Waals surface area contributed by atoms with E-state index >= 15 is 0 Å². The van der Waals surface area contributed by atoms with Crippen LogP contribution in [0.1, 0.15) is 21.5 Å². The molecule has 0 bridgehead atoms. The minimum Gasteiger partial charge on any atom is -0.510 e. The van der Waals surface area contributed by atoms with E-state index in [1.165, 1.54) is 7.11 Å². The van der Waals surface area contributed by atoms with Gasteiger partial charge in [0.15, 0.2) is 0 Å². The van der Waals surface area contributed by atoms with Gasteiger partial charge in [0.25, 0.3) is 5.91 Å². The van der Waals surface area contributed by atoms with Gasteiger partial charge >= 0.3 is 5.97 Å². The first-order chi connectivity index (χ1) is 9.93. The number of aliphatic hydroxyl groups excluding tert-OH is 1. The molecular weight excluding hydrogens is 290 g/mol.